The van der Waals surface area contributed by atoms with E-state index in [1.165, 1.54) is 24.3 Å². The molecule has 224 valence electrons. The maximum Gasteiger partial charge on any atom is 0.416 e. The van der Waals surface area contributed by atoms with E-state index in [9.17, 15) is 40.7 Å². The molecule has 1 heterocycles. The van der Waals surface area contributed by atoms with Crippen LogP contribution in [0, 0.1) is 23.4 Å². The molecule has 3 aromatic rings. The molecule has 0 saturated carbocycles. The number of benzene rings is 3. The summed E-state index contributed by atoms with van der Waals surface area (Å²) in [6.45, 7) is -1.03. The number of hydrogen-bond donors (Lipinski definition) is 3. The van der Waals surface area contributed by atoms with Crippen molar-refractivity contribution < 1.29 is 49.5 Å². The van der Waals surface area contributed by atoms with E-state index < -0.39 is 80.9 Å². The third-order valence-corrected chi connectivity index (χ3v) is 7.83. The van der Waals surface area contributed by atoms with Gasteiger partial charge >= 0.3 is 12.2 Å². The predicted octanol–water partition coefficient (Wildman–Crippen LogP) is 4.73. The standard InChI is InChI=1S/C27H23F6N3O5S/c1-42(40,41)22-5-3-2-4-17(22)18-7-9-21(24(30)23(18)29)36-16(13-37)10-14(25(36)38)12-34-26(39)35-20-8-6-15(11-19(20)28)27(31,32)33/h2-9,11,14,16,37H,10,12-13H2,1H3,(H2,34,35,39)/t14-,16-/m0/s1. The zero-order valence-corrected chi connectivity index (χ0v) is 22.5. The van der Waals surface area contributed by atoms with Gasteiger partial charge in [0, 0.05) is 23.9 Å². The van der Waals surface area contributed by atoms with Gasteiger partial charge in [0.05, 0.1) is 40.4 Å². The van der Waals surface area contributed by atoms with Crippen LogP contribution in [0.2, 0.25) is 0 Å². The van der Waals surface area contributed by atoms with Crippen LogP contribution >= 0.6 is 0 Å². The first-order valence-electron chi connectivity index (χ1n) is 12.3. The van der Waals surface area contributed by atoms with E-state index in [2.05, 4.69) is 5.32 Å². The van der Waals surface area contributed by atoms with Crippen molar-refractivity contribution in [3.63, 3.8) is 0 Å². The molecule has 1 fully saturated rings. The van der Waals surface area contributed by atoms with E-state index in [-0.39, 0.29) is 35.1 Å². The molecule has 4 rings (SSSR count). The van der Waals surface area contributed by atoms with Gasteiger partial charge < -0.3 is 20.6 Å². The highest BCUT2D eigenvalue weighted by molar-refractivity contribution is 7.90. The van der Waals surface area contributed by atoms with Crippen molar-refractivity contribution in [2.75, 3.05) is 29.6 Å². The summed E-state index contributed by atoms with van der Waals surface area (Å²) in [5.74, 6) is -6.04. The number of aliphatic hydroxyl groups excluding tert-OH is 1. The van der Waals surface area contributed by atoms with Gasteiger partial charge in [0.2, 0.25) is 5.91 Å². The van der Waals surface area contributed by atoms with Gasteiger partial charge in [0.1, 0.15) is 5.82 Å². The molecule has 3 amide bonds. The molecule has 15 heteroatoms. The van der Waals surface area contributed by atoms with Crippen LogP contribution in [0.5, 0.6) is 0 Å². The minimum absolute atomic E-state index is 0.0908. The van der Waals surface area contributed by atoms with Crippen molar-refractivity contribution in [2.45, 2.75) is 23.5 Å². The maximum atomic E-state index is 15.3. The summed E-state index contributed by atoms with van der Waals surface area (Å²) in [5.41, 5.74) is -2.78. The van der Waals surface area contributed by atoms with Crippen LogP contribution in [0.4, 0.5) is 42.5 Å². The van der Waals surface area contributed by atoms with Gasteiger partial charge in [-0.25, -0.2) is 26.4 Å². The van der Waals surface area contributed by atoms with Gasteiger partial charge in [-0.2, -0.15) is 13.2 Å². The molecule has 0 aliphatic carbocycles. The molecule has 1 aliphatic heterocycles. The highest BCUT2D eigenvalue weighted by atomic mass is 32.2. The zero-order chi connectivity index (χ0) is 31.0. The van der Waals surface area contributed by atoms with E-state index in [4.69, 9.17) is 0 Å². The molecule has 0 unspecified atom stereocenters. The molecular formula is C27H23F6N3O5S. The van der Waals surface area contributed by atoms with Crippen molar-refractivity contribution >= 4 is 33.2 Å². The molecule has 3 aromatic carbocycles. The van der Waals surface area contributed by atoms with E-state index in [0.29, 0.717) is 6.07 Å². The minimum Gasteiger partial charge on any atom is -0.394 e. The molecule has 1 aliphatic rings. The first-order chi connectivity index (χ1) is 19.6. The number of nitrogens with zero attached hydrogens (tertiary/aromatic N) is 1. The first kappa shape index (κ1) is 30.8. The zero-order valence-electron chi connectivity index (χ0n) is 21.7. The Morgan fingerprint density at radius 2 is 1.71 bits per heavy atom. The van der Waals surface area contributed by atoms with Crippen molar-refractivity contribution in [1.29, 1.82) is 0 Å². The van der Waals surface area contributed by atoms with Crippen LogP contribution in [-0.4, -0.2) is 50.9 Å². The molecule has 0 spiro atoms. The predicted molar refractivity (Wildman–Crippen MR) is 140 cm³/mol. The van der Waals surface area contributed by atoms with Crippen LogP contribution < -0.4 is 15.5 Å². The highest BCUT2D eigenvalue weighted by Crippen LogP contribution is 2.38. The Morgan fingerprint density at radius 3 is 2.33 bits per heavy atom. The highest BCUT2D eigenvalue weighted by Gasteiger charge is 2.42. The van der Waals surface area contributed by atoms with Crippen molar-refractivity contribution in [3.05, 3.63) is 77.6 Å². The Bertz CT molecular complexity index is 1650. The lowest BCUT2D eigenvalue weighted by molar-refractivity contribution is -0.137. The molecule has 0 bridgehead atoms. The summed E-state index contributed by atoms with van der Waals surface area (Å²) in [6, 6.07) is 7.02. The summed E-state index contributed by atoms with van der Waals surface area (Å²) in [7, 11) is -3.80. The smallest absolute Gasteiger partial charge is 0.394 e. The number of urea groups is 1. The number of sulfone groups is 1. The summed E-state index contributed by atoms with van der Waals surface area (Å²) in [5, 5.41) is 14.1. The molecule has 1 saturated heterocycles. The molecule has 8 nitrogen and oxygen atoms in total. The fourth-order valence-corrected chi connectivity index (χ4v) is 5.58. The summed E-state index contributed by atoms with van der Waals surface area (Å²) >= 11 is 0. The number of amides is 3. The number of nitrogens with one attached hydrogen (secondary N) is 2. The second-order valence-electron chi connectivity index (χ2n) is 9.53. The van der Waals surface area contributed by atoms with Gasteiger partial charge in [-0.15, -0.1) is 0 Å². The number of rotatable bonds is 7. The fraction of sp³-hybridized carbons (Fsp3) is 0.259. The van der Waals surface area contributed by atoms with E-state index in [1.807, 2.05) is 5.32 Å². The summed E-state index contributed by atoms with van der Waals surface area (Å²) in [4.78, 5) is 26.0. The van der Waals surface area contributed by atoms with Crippen LogP contribution in [-0.2, 0) is 20.8 Å². The van der Waals surface area contributed by atoms with Crippen LogP contribution in [0.25, 0.3) is 11.1 Å². The van der Waals surface area contributed by atoms with E-state index in [1.54, 1.807) is 0 Å². The quantitative estimate of drug-likeness (QED) is 0.333. The molecule has 2 atom stereocenters. The lowest BCUT2D eigenvalue weighted by Gasteiger charge is -2.24. The molecule has 0 aromatic heterocycles. The summed E-state index contributed by atoms with van der Waals surface area (Å²) in [6.07, 6.45) is -3.97. The average Bonchev–Trinajstić information content (AvgIpc) is 3.24. The Hall–Kier alpha value is -4.11. The van der Waals surface area contributed by atoms with Gasteiger partial charge in [0.15, 0.2) is 21.5 Å². The Kier molecular flexibility index (Phi) is 8.55. The Labute approximate surface area is 235 Å². The van der Waals surface area contributed by atoms with Gasteiger partial charge in [-0.3, -0.25) is 4.79 Å². The number of aliphatic hydroxyl groups is 1. The largest absolute Gasteiger partial charge is 0.416 e. The second-order valence-corrected chi connectivity index (χ2v) is 11.5. The van der Waals surface area contributed by atoms with E-state index >= 15 is 8.78 Å². The number of halogens is 6. The Morgan fingerprint density at radius 1 is 1.02 bits per heavy atom. The number of carbonyl (C=O) groups is 2. The second kappa shape index (κ2) is 11.6. The lowest BCUT2D eigenvalue weighted by Crippen LogP contribution is -2.39. The monoisotopic (exact) mass is 615 g/mol. The number of carbonyl (C=O) groups excluding carboxylic acids is 2. The van der Waals surface area contributed by atoms with Crippen molar-refractivity contribution in [2.24, 2.45) is 5.92 Å². The third-order valence-electron chi connectivity index (χ3n) is 6.67. The SMILES string of the molecule is CS(=O)(=O)c1ccccc1-c1ccc(N2C(=O)[C@H](CNC(=O)Nc3ccc(C(F)(F)F)cc3F)C[C@H]2CO)c(F)c1F. The van der Waals surface area contributed by atoms with Gasteiger partial charge in [-0.1, -0.05) is 18.2 Å². The van der Waals surface area contributed by atoms with Crippen molar-refractivity contribution in [3.8, 4) is 11.1 Å². The van der Waals surface area contributed by atoms with Gasteiger partial charge in [0.25, 0.3) is 0 Å². The lowest BCUT2D eigenvalue weighted by atomic mass is 10.0. The fourth-order valence-electron chi connectivity index (χ4n) is 4.67. The Balaban J connectivity index is 1.51. The minimum atomic E-state index is -4.79. The molecule has 3 N–H and O–H groups in total. The van der Waals surface area contributed by atoms with Crippen LogP contribution in [0.1, 0.15) is 12.0 Å². The third kappa shape index (κ3) is 6.21. The molecule has 42 heavy (non-hydrogen) atoms. The topological polar surface area (TPSA) is 116 Å². The van der Waals surface area contributed by atoms with Crippen LogP contribution in [0.3, 0.4) is 0 Å². The normalized spacial score (nSPS) is 17.4. The molecular weight excluding hydrogens is 592 g/mol. The summed E-state index contributed by atoms with van der Waals surface area (Å²) < 4.78 is 107. The average molecular weight is 616 g/mol. The van der Waals surface area contributed by atoms with Crippen LogP contribution in [0.15, 0.2) is 59.5 Å². The van der Waals surface area contributed by atoms with Gasteiger partial charge in [-0.05, 0) is 42.8 Å². The van der Waals surface area contributed by atoms with E-state index in [0.717, 1.165) is 29.4 Å². The first-order valence-corrected chi connectivity index (χ1v) is 14.2. The van der Waals surface area contributed by atoms with Crippen molar-refractivity contribution in [1.82, 2.24) is 5.32 Å². The number of anilines is 2. The maximum absolute atomic E-state index is 15.3. The number of alkyl halides is 3. The number of hydrogen-bond acceptors (Lipinski definition) is 5. The molecule has 0 radical (unpaired) electrons.